The molecule has 0 aliphatic heterocycles. The van der Waals surface area contributed by atoms with Crippen LogP contribution in [0.4, 0.5) is 0 Å². The Labute approximate surface area is 94.0 Å². The predicted molar refractivity (Wildman–Crippen MR) is 59.2 cm³/mol. The third kappa shape index (κ3) is 3.70. The lowest BCUT2D eigenvalue weighted by Gasteiger charge is -2.12. The number of nitrogens with zero attached hydrogens (tertiary/aromatic N) is 1. The second-order valence-corrected chi connectivity index (χ2v) is 5.66. The maximum absolute atomic E-state index is 10.9. The molecule has 0 aliphatic rings. The van der Waals surface area contributed by atoms with Crippen molar-refractivity contribution in [3.63, 3.8) is 0 Å². The van der Waals surface area contributed by atoms with Gasteiger partial charge in [-0.1, -0.05) is 12.1 Å². The molecule has 84 valence electrons. The first-order chi connectivity index (χ1) is 6.93. The number of rotatable bonds is 4. The number of hydrogen-bond acceptors (Lipinski definition) is 3. The molecule has 0 amide bonds. The second kappa shape index (κ2) is 4.83. The summed E-state index contributed by atoms with van der Waals surface area (Å²) in [5.41, 5.74) is 0.850. The molecule has 0 bridgehead atoms. The van der Waals surface area contributed by atoms with Crippen molar-refractivity contribution in [1.29, 1.82) is 0 Å². The molecule has 0 unspecified atom stereocenters. The first-order valence-corrected chi connectivity index (χ1v) is 6.49. The van der Waals surface area contributed by atoms with Gasteiger partial charge in [0.25, 0.3) is 9.24 Å². The summed E-state index contributed by atoms with van der Waals surface area (Å²) in [4.78, 5) is 0. The van der Waals surface area contributed by atoms with Crippen LogP contribution in [0.5, 0.6) is 5.75 Å². The lowest BCUT2D eigenvalue weighted by molar-refractivity contribution is 0.414. The first kappa shape index (κ1) is 12.3. The Balaban J connectivity index is 2.74. The predicted octanol–water partition coefficient (Wildman–Crippen LogP) is 1.61. The van der Waals surface area contributed by atoms with Crippen LogP contribution in [-0.4, -0.2) is 26.9 Å². The molecular weight excluding hydrogens is 238 g/mol. The van der Waals surface area contributed by atoms with E-state index in [1.807, 2.05) is 0 Å². The molecule has 0 spiro atoms. The van der Waals surface area contributed by atoms with Crippen LogP contribution in [0.3, 0.4) is 0 Å². The summed E-state index contributed by atoms with van der Waals surface area (Å²) in [6.07, 6.45) is 0. The van der Waals surface area contributed by atoms with Gasteiger partial charge in [-0.05, 0) is 17.7 Å². The SMILES string of the molecule is COc1ccc(CN(C)S(=O)(=O)Cl)cc1. The average Bonchev–Trinajstić information content (AvgIpc) is 2.17. The molecule has 15 heavy (non-hydrogen) atoms. The minimum atomic E-state index is -3.64. The van der Waals surface area contributed by atoms with Gasteiger partial charge in [-0.15, -0.1) is 0 Å². The lowest BCUT2D eigenvalue weighted by Crippen LogP contribution is -2.21. The summed E-state index contributed by atoms with van der Waals surface area (Å²) in [6, 6.07) is 7.11. The molecule has 1 aromatic rings. The van der Waals surface area contributed by atoms with E-state index in [9.17, 15) is 8.42 Å². The van der Waals surface area contributed by atoms with E-state index in [2.05, 4.69) is 0 Å². The molecule has 0 radical (unpaired) electrons. The van der Waals surface area contributed by atoms with Gasteiger partial charge in [0.1, 0.15) is 5.75 Å². The Kier molecular flexibility index (Phi) is 3.96. The third-order valence-corrected chi connectivity index (χ3v) is 3.52. The van der Waals surface area contributed by atoms with Crippen molar-refractivity contribution >= 4 is 19.9 Å². The van der Waals surface area contributed by atoms with E-state index in [-0.39, 0.29) is 6.54 Å². The Bertz CT molecular complexity index is 415. The Morgan fingerprint density at radius 1 is 1.33 bits per heavy atom. The third-order valence-electron chi connectivity index (χ3n) is 1.94. The quantitative estimate of drug-likeness (QED) is 0.762. The van der Waals surface area contributed by atoms with Gasteiger partial charge in [-0.3, -0.25) is 0 Å². The Hall–Kier alpha value is -0.780. The molecule has 0 heterocycles. The molecule has 0 aliphatic carbocycles. The number of ether oxygens (including phenoxy) is 1. The molecule has 0 saturated heterocycles. The van der Waals surface area contributed by atoms with Crippen LogP contribution in [0.1, 0.15) is 5.56 Å². The van der Waals surface area contributed by atoms with Crippen LogP contribution in [-0.2, 0) is 15.8 Å². The summed E-state index contributed by atoms with van der Waals surface area (Å²) in [7, 11) is 4.52. The van der Waals surface area contributed by atoms with Crippen LogP contribution in [0.25, 0.3) is 0 Å². The van der Waals surface area contributed by atoms with Crippen LogP contribution in [0, 0.1) is 0 Å². The first-order valence-electron chi connectivity index (χ1n) is 4.22. The molecule has 1 aromatic carbocycles. The Morgan fingerprint density at radius 3 is 2.27 bits per heavy atom. The monoisotopic (exact) mass is 249 g/mol. The maximum Gasteiger partial charge on any atom is 0.299 e. The van der Waals surface area contributed by atoms with Gasteiger partial charge in [0.05, 0.1) is 7.11 Å². The highest BCUT2D eigenvalue weighted by Crippen LogP contribution is 2.14. The topological polar surface area (TPSA) is 46.6 Å². The fraction of sp³-hybridized carbons (Fsp3) is 0.333. The van der Waals surface area contributed by atoms with Crippen molar-refractivity contribution < 1.29 is 13.2 Å². The van der Waals surface area contributed by atoms with Crippen LogP contribution >= 0.6 is 10.7 Å². The number of halogens is 1. The van der Waals surface area contributed by atoms with Gasteiger partial charge in [0.15, 0.2) is 0 Å². The summed E-state index contributed by atoms with van der Waals surface area (Å²) in [6.45, 7) is 0.246. The highest BCUT2D eigenvalue weighted by molar-refractivity contribution is 8.11. The molecule has 0 atom stereocenters. The van der Waals surface area contributed by atoms with E-state index in [0.717, 1.165) is 15.6 Å². The number of hydrogen-bond donors (Lipinski definition) is 0. The van der Waals surface area contributed by atoms with Crippen LogP contribution in [0.15, 0.2) is 24.3 Å². The van der Waals surface area contributed by atoms with Gasteiger partial charge in [0, 0.05) is 24.3 Å². The van der Waals surface area contributed by atoms with E-state index in [1.54, 1.807) is 31.4 Å². The zero-order valence-electron chi connectivity index (χ0n) is 8.47. The fourth-order valence-corrected chi connectivity index (χ4v) is 1.51. The zero-order valence-corrected chi connectivity index (χ0v) is 10.0. The Morgan fingerprint density at radius 2 is 1.87 bits per heavy atom. The van der Waals surface area contributed by atoms with Crippen LogP contribution < -0.4 is 4.74 Å². The van der Waals surface area contributed by atoms with Crippen molar-refractivity contribution in [3.8, 4) is 5.75 Å². The van der Waals surface area contributed by atoms with Crippen molar-refractivity contribution in [2.75, 3.05) is 14.2 Å². The van der Waals surface area contributed by atoms with E-state index >= 15 is 0 Å². The van der Waals surface area contributed by atoms with Crippen molar-refractivity contribution in [2.24, 2.45) is 0 Å². The molecule has 0 saturated carbocycles. The smallest absolute Gasteiger partial charge is 0.299 e. The lowest BCUT2D eigenvalue weighted by atomic mass is 10.2. The van der Waals surface area contributed by atoms with Crippen molar-refractivity contribution in [1.82, 2.24) is 4.31 Å². The van der Waals surface area contributed by atoms with E-state index < -0.39 is 9.24 Å². The molecule has 0 aromatic heterocycles. The minimum absolute atomic E-state index is 0.246. The largest absolute Gasteiger partial charge is 0.497 e. The molecular formula is C9H12ClNO3S. The summed E-state index contributed by atoms with van der Waals surface area (Å²) >= 11 is 0. The molecule has 1 rings (SSSR count). The highest BCUT2D eigenvalue weighted by atomic mass is 35.7. The van der Waals surface area contributed by atoms with Crippen LogP contribution in [0.2, 0.25) is 0 Å². The zero-order chi connectivity index (χ0) is 11.5. The summed E-state index contributed by atoms with van der Waals surface area (Å²) in [5.74, 6) is 0.732. The average molecular weight is 250 g/mol. The normalized spacial score (nSPS) is 11.7. The summed E-state index contributed by atoms with van der Waals surface area (Å²) in [5, 5.41) is 0. The van der Waals surface area contributed by atoms with Gasteiger partial charge in [-0.2, -0.15) is 12.7 Å². The van der Waals surface area contributed by atoms with Crippen molar-refractivity contribution in [2.45, 2.75) is 6.54 Å². The summed E-state index contributed by atoms with van der Waals surface area (Å²) < 4.78 is 27.9. The van der Waals surface area contributed by atoms with Crippen molar-refractivity contribution in [3.05, 3.63) is 29.8 Å². The molecule has 0 fully saturated rings. The van der Waals surface area contributed by atoms with E-state index in [1.165, 1.54) is 7.05 Å². The number of methoxy groups -OCH3 is 1. The maximum atomic E-state index is 10.9. The molecule has 4 nitrogen and oxygen atoms in total. The van der Waals surface area contributed by atoms with E-state index in [0.29, 0.717) is 0 Å². The minimum Gasteiger partial charge on any atom is -0.497 e. The molecule has 0 N–H and O–H groups in total. The fourth-order valence-electron chi connectivity index (χ4n) is 1.07. The highest BCUT2D eigenvalue weighted by Gasteiger charge is 2.13. The second-order valence-electron chi connectivity index (χ2n) is 3.05. The van der Waals surface area contributed by atoms with Gasteiger partial charge in [0.2, 0.25) is 0 Å². The standard InChI is InChI=1S/C9H12ClNO3S/c1-11(15(10,12)13)7-8-3-5-9(14-2)6-4-8/h3-6H,7H2,1-2H3. The number of benzene rings is 1. The van der Waals surface area contributed by atoms with Gasteiger partial charge < -0.3 is 4.74 Å². The van der Waals surface area contributed by atoms with Gasteiger partial charge >= 0.3 is 0 Å². The van der Waals surface area contributed by atoms with E-state index in [4.69, 9.17) is 15.4 Å². The van der Waals surface area contributed by atoms with Gasteiger partial charge in [-0.25, -0.2) is 0 Å². The molecule has 6 heteroatoms.